The van der Waals surface area contributed by atoms with Gasteiger partial charge in [0.25, 0.3) is 0 Å². The van der Waals surface area contributed by atoms with Crippen LogP contribution in [0.1, 0.15) is 12.0 Å². The van der Waals surface area contributed by atoms with E-state index in [1.165, 1.54) is 0 Å². The summed E-state index contributed by atoms with van der Waals surface area (Å²) in [7, 11) is 0. The van der Waals surface area contributed by atoms with E-state index in [1.807, 2.05) is 29.1 Å². The summed E-state index contributed by atoms with van der Waals surface area (Å²) in [5.41, 5.74) is 0.620. The van der Waals surface area contributed by atoms with Crippen molar-refractivity contribution >= 4 is 0 Å². The molecule has 1 aromatic heterocycles. The Kier molecular flexibility index (Phi) is 3.77. The number of ether oxygens (including phenoxy) is 1. The van der Waals surface area contributed by atoms with Crippen LogP contribution in [0, 0.1) is 11.3 Å². The summed E-state index contributed by atoms with van der Waals surface area (Å²) in [6, 6.07) is 11.2. The van der Waals surface area contributed by atoms with Crippen LogP contribution < -0.4 is 4.74 Å². The van der Waals surface area contributed by atoms with Gasteiger partial charge in [-0.05, 0) is 24.3 Å². The summed E-state index contributed by atoms with van der Waals surface area (Å²) < 4.78 is 7.42. The Bertz CT molecular complexity index is 500. The van der Waals surface area contributed by atoms with Crippen molar-refractivity contribution in [2.24, 2.45) is 0 Å². The predicted molar refractivity (Wildman–Crippen MR) is 63.5 cm³/mol. The molecule has 0 bridgehead atoms. The van der Waals surface area contributed by atoms with Gasteiger partial charge in [0.2, 0.25) is 0 Å². The molecule has 2 aromatic rings. The van der Waals surface area contributed by atoms with Crippen LogP contribution in [0.15, 0.2) is 42.7 Å². The Morgan fingerprint density at radius 2 is 2.29 bits per heavy atom. The number of nitrogens with zero attached hydrogens (tertiary/aromatic N) is 3. The Morgan fingerprint density at radius 1 is 1.35 bits per heavy atom. The normalized spacial score (nSPS) is 9.82. The van der Waals surface area contributed by atoms with Gasteiger partial charge in [0, 0.05) is 25.4 Å². The summed E-state index contributed by atoms with van der Waals surface area (Å²) in [6.07, 6.45) is 4.58. The Morgan fingerprint density at radius 3 is 3.06 bits per heavy atom. The lowest BCUT2D eigenvalue weighted by atomic mass is 10.2. The number of hydrogen-bond donors (Lipinski definition) is 0. The topological polar surface area (TPSA) is 50.8 Å². The molecular formula is C13H13N3O. The van der Waals surface area contributed by atoms with Crippen molar-refractivity contribution in [2.45, 2.75) is 13.0 Å². The number of hydrogen-bond acceptors (Lipinski definition) is 3. The maximum absolute atomic E-state index is 8.74. The van der Waals surface area contributed by atoms with Crippen LogP contribution in [-0.4, -0.2) is 16.4 Å². The predicted octanol–water partition coefficient (Wildman–Crippen LogP) is 2.22. The van der Waals surface area contributed by atoms with Crippen LogP contribution in [0.25, 0.3) is 0 Å². The summed E-state index contributed by atoms with van der Waals surface area (Å²) in [5.74, 6) is 0.740. The molecule has 4 nitrogen and oxygen atoms in total. The van der Waals surface area contributed by atoms with Crippen molar-refractivity contribution in [3.63, 3.8) is 0 Å². The lowest BCUT2D eigenvalue weighted by Gasteiger charge is -2.06. The van der Waals surface area contributed by atoms with E-state index < -0.39 is 0 Å². The number of aromatic nitrogens is 2. The van der Waals surface area contributed by atoms with Crippen molar-refractivity contribution in [1.29, 1.82) is 5.26 Å². The van der Waals surface area contributed by atoms with Gasteiger partial charge in [-0.3, -0.25) is 4.68 Å². The molecule has 1 aromatic carbocycles. The van der Waals surface area contributed by atoms with E-state index in [4.69, 9.17) is 10.00 Å². The van der Waals surface area contributed by atoms with Crippen molar-refractivity contribution in [3.8, 4) is 11.8 Å². The number of benzene rings is 1. The van der Waals surface area contributed by atoms with Gasteiger partial charge in [-0.15, -0.1) is 0 Å². The maximum atomic E-state index is 8.74. The Hall–Kier alpha value is -2.28. The smallest absolute Gasteiger partial charge is 0.120 e. The van der Waals surface area contributed by atoms with Gasteiger partial charge in [0.1, 0.15) is 5.75 Å². The molecule has 0 spiro atoms. The van der Waals surface area contributed by atoms with Crippen molar-refractivity contribution < 1.29 is 4.74 Å². The van der Waals surface area contributed by atoms with Crippen LogP contribution >= 0.6 is 0 Å². The number of rotatable bonds is 5. The Balaban J connectivity index is 1.76. The molecule has 86 valence electrons. The average Bonchev–Trinajstić information content (AvgIpc) is 2.88. The van der Waals surface area contributed by atoms with E-state index in [1.54, 1.807) is 18.3 Å². The molecule has 0 atom stereocenters. The van der Waals surface area contributed by atoms with Gasteiger partial charge >= 0.3 is 0 Å². The molecule has 0 saturated carbocycles. The quantitative estimate of drug-likeness (QED) is 0.736. The van der Waals surface area contributed by atoms with E-state index in [0.29, 0.717) is 12.2 Å². The fourth-order valence-corrected chi connectivity index (χ4v) is 1.50. The van der Waals surface area contributed by atoms with Gasteiger partial charge in [0.05, 0.1) is 18.2 Å². The lowest BCUT2D eigenvalue weighted by molar-refractivity contribution is 0.298. The molecule has 1 heterocycles. The van der Waals surface area contributed by atoms with Crippen LogP contribution in [-0.2, 0) is 6.54 Å². The van der Waals surface area contributed by atoms with Crippen molar-refractivity contribution in [3.05, 3.63) is 48.3 Å². The van der Waals surface area contributed by atoms with Crippen molar-refractivity contribution in [1.82, 2.24) is 9.78 Å². The van der Waals surface area contributed by atoms with Crippen LogP contribution in [0.3, 0.4) is 0 Å². The van der Waals surface area contributed by atoms with E-state index in [9.17, 15) is 0 Å². The molecule has 0 aliphatic heterocycles. The molecule has 0 N–H and O–H groups in total. The molecule has 0 saturated heterocycles. The maximum Gasteiger partial charge on any atom is 0.120 e. The molecule has 2 rings (SSSR count). The minimum atomic E-state index is 0.620. The van der Waals surface area contributed by atoms with E-state index in [-0.39, 0.29) is 0 Å². The zero-order valence-electron chi connectivity index (χ0n) is 9.41. The average molecular weight is 227 g/mol. The molecule has 0 amide bonds. The second-order valence-electron chi connectivity index (χ2n) is 3.61. The molecular weight excluding hydrogens is 214 g/mol. The molecule has 0 aliphatic carbocycles. The second kappa shape index (κ2) is 5.71. The molecule has 17 heavy (non-hydrogen) atoms. The fourth-order valence-electron chi connectivity index (χ4n) is 1.50. The first kappa shape index (κ1) is 11.2. The monoisotopic (exact) mass is 227 g/mol. The first-order valence-corrected chi connectivity index (χ1v) is 5.49. The highest BCUT2D eigenvalue weighted by molar-refractivity contribution is 5.36. The molecule has 0 aliphatic rings. The third-order valence-electron chi connectivity index (χ3n) is 2.32. The van der Waals surface area contributed by atoms with Crippen LogP contribution in [0.2, 0.25) is 0 Å². The fraction of sp³-hybridized carbons (Fsp3) is 0.231. The van der Waals surface area contributed by atoms with E-state index >= 15 is 0 Å². The van der Waals surface area contributed by atoms with E-state index in [2.05, 4.69) is 11.2 Å². The number of aryl methyl sites for hydroxylation is 1. The summed E-state index contributed by atoms with van der Waals surface area (Å²) in [5, 5.41) is 12.8. The highest BCUT2D eigenvalue weighted by Gasteiger charge is 1.96. The third kappa shape index (κ3) is 3.35. The minimum absolute atomic E-state index is 0.620. The zero-order valence-corrected chi connectivity index (χ0v) is 9.41. The third-order valence-corrected chi connectivity index (χ3v) is 2.32. The van der Waals surface area contributed by atoms with Gasteiger partial charge in [-0.25, -0.2) is 0 Å². The van der Waals surface area contributed by atoms with Crippen LogP contribution in [0.5, 0.6) is 5.75 Å². The van der Waals surface area contributed by atoms with Crippen LogP contribution in [0.4, 0.5) is 0 Å². The lowest BCUT2D eigenvalue weighted by Crippen LogP contribution is -2.04. The molecule has 0 fully saturated rings. The first-order valence-electron chi connectivity index (χ1n) is 5.49. The minimum Gasteiger partial charge on any atom is -0.493 e. The largest absolute Gasteiger partial charge is 0.493 e. The SMILES string of the molecule is N#Cc1cccc(OCCCn2cccn2)c1. The highest BCUT2D eigenvalue weighted by Crippen LogP contribution is 2.12. The standard InChI is InChI=1S/C13H13N3O/c14-11-12-4-1-5-13(10-12)17-9-3-8-16-7-2-6-15-16/h1-2,4-7,10H,3,8-9H2. The van der Waals surface area contributed by atoms with Gasteiger partial charge < -0.3 is 4.74 Å². The highest BCUT2D eigenvalue weighted by atomic mass is 16.5. The zero-order chi connectivity index (χ0) is 11.9. The summed E-state index contributed by atoms with van der Waals surface area (Å²) >= 11 is 0. The van der Waals surface area contributed by atoms with Crippen molar-refractivity contribution in [2.75, 3.05) is 6.61 Å². The van der Waals surface area contributed by atoms with E-state index in [0.717, 1.165) is 18.7 Å². The summed E-state index contributed by atoms with van der Waals surface area (Å²) in [6.45, 7) is 1.46. The molecule has 4 heteroatoms. The summed E-state index contributed by atoms with van der Waals surface area (Å²) in [4.78, 5) is 0. The first-order chi connectivity index (χ1) is 8.38. The van der Waals surface area contributed by atoms with Gasteiger partial charge in [0.15, 0.2) is 0 Å². The number of nitriles is 1. The second-order valence-corrected chi connectivity index (χ2v) is 3.61. The molecule has 0 radical (unpaired) electrons. The Labute approximate surface area is 100 Å². The van der Waals surface area contributed by atoms with Gasteiger partial charge in [-0.2, -0.15) is 10.4 Å². The molecule has 0 unspecified atom stereocenters. The van der Waals surface area contributed by atoms with Gasteiger partial charge in [-0.1, -0.05) is 6.07 Å².